The predicted molar refractivity (Wildman–Crippen MR) is 125 cm³/mol. The molecule has 4 heteroatoms. The van der Waals surface area contributed by atoms with Crippen molar-refractivity contribution in [2.45, 2.75) is 34.6 Å². The molecule has 4 aromatic rings. The monoisotopic (exact) mass is 413 g/mol. The Morgan fingerprint density at radius 3 is 2.19 bits per heavy atom. The van der Waals surface area contributed by atoms with Crippen molar-refractivity contribution in [1.82, 2.24) is 0 Å². The molecule has 0 aliphatic carbocycles. The number of phenolic OH excluding ortho intramolecular Hbond substituents is 1. The van der Waals surface area contributed by atoms with Crippen LogP contribution in [0.1, 0.15) is 29.6 Å². The third-order valence-electron chi connectivity index (χ3n) is 5.58. The van der Waals surface area contributed by atoms with E-state index in [1.807, 2.05) is 45.0 Å². The number of hydrogen-bond donors (Lipinski definition) is 1. The van der Waals surface area contributed by atoms with Crippen molar-refractivity contribution in [3.05, 3.63) is 82.6 Å². The van der Waals surface area contributed by atoms with E-state index < -0.39 is 0 Å². The van der Waals surface area contributed by atoms with Crippen LogP contribution in [0, 0.1) is 27.7 Å². The predicted octanol–water partition coefficient (Wildman–Crippen LogP) is 6.67. The topological polar surface area (TPSA) is 55.0 Å². The molecule has 31 heavy (non-hydrogen) atoms. The van der Waals surface area contributed by atoms with Crippen LogP contribution in [0.15, 0.2) is 64.0 Å². The molecule has 0 fully saturated rings. The Bertz CT molecular complexity index is 1330. The van der Waals surface area contributed by atoms with E-state index in [0.29, 0.717) is 6.61 Å². The second-order valence-corrected chi connectivity index (χ2v) is 7.82. The fraction of sp³-hybridized carbons (Fsp3) is 0.222. The molecular formula is C27H27NO3. The fourth-order valence-electron chi connectivity index (χ4n) is 3.88. The summed E-state index contributed by atoms with van der Waals surface area (Å²) in [4.78, 5) is 5.03. The van der Waals surface area contributed by atoms with Gasteiger partial charge in [0.05, 0.1) is 28.4 Å². The lowest BCUT2D eigenvalue weighted by molar-refractivity contribution is 0.344. The van der Waals surface area contributed by atoms with Gasteiger partial charge in [-0.2, -0.15) is 0 Å². The average molecular weight is 414 g/mol. The third-order valence-corrected chi connectivity index (χ3v) is 5.58. The van der Waals surface area contributed by atoms with Gasteiger partial charge in [-0.3, -0.25) is 0 Å². The number of fused-ring (bicyclic) bond motifs is 1. The van der Waals surface area contributed by atoms with Gasteiger partial charge in [0, 0.05) is 0 Å². The number of ether oxygens (including phenoxy) is 1. The molecular weight excluding hydrogens is 386 g/mol. The number of aromatic hydroxyl groups is 1. The summed E-state index contributed by atoms with van der Waals surface area (Å²) in [7, 11) is 0. The van der Waals surface area contributed by atoms with E-state index in [2.05, 4.69) is 32.0 Å². The Morgan fingerprint density at radius 2 is 1.52 bits per heavy atom. The lowest BCUT2D eigenvalue weighted by atomic mass is 10.1. The summed E-state index contributed by atoms with van der Waals surface area (Å²) in [6.07, 6.45) is 0. The molecule has 4 rings (SSSR count). The van der Waals surface area contributed by atoms with Gasteiger partial charge in [-0.25, -0.2) is 4.99 Å². The van der Waals surface area contributed by atoms with Crippen LogP contribution in [-0.4, -0.2) is 11.7 Å². The molecule has 0 bridgehead atoms. The van der Waals surface area contributed by atoms with E-state index in [-0.39, 0.29) is 5.75 Å². The molecule has 0 saturated carbocycles. The second-order valence-electron chi connectivity index (χ2n) is 7.82. The van der Waals surface area contributed by atoms with Crippen LogP contribution in [0.4, 0.5) is 5.69 Å². The molecule has 1 N–H and O–H groups in total. The first kappa shape index (κ1) is 20.7. The van der Waals surface area contributed by atoms with Crippen LogP contribution < -0.4 is 10.1 Å². The molecule has 0 saturated heterocycles. The zero-order valence-corrected chi connectivity index (χ0v) is 18.6. The summed E-state index contributed by atoms with van der Waals surface area (Å²) in [5.74, 6) is 2.61. The highest BCUT2D eigenvalue weighted by molar-refractivity contribution is 5.93. The lowest BCUT2D eigenvalue weighted by Gasteiger charge is -2.04. The summed E-state index contributed by atoms with van der Waals surface area (Å²) in [6.45, 7) is 10.6. The highest BCUT2D eigenvalue weighted by Crippen LogP contribution is 2.34. The van der Waals surface area contributed by atoms with E-state index in [4.69, 9.17) is 14.1 Å². The van der Waals surface area contributed by atoms with Gasteiger partial charge < -0.3 is 14.3 Å². The first-order chi connectivity index (χ1) is 14.9. The molecule has 0 radical (unpaired) electrons. The largest absolute Gasteiger partial charge is 0.508 e. The standard InChI is InChI=1S/C27H27NO3/c1-6-30-25-15-21(20-8-11-23(29)12-9-20)14-24(26-18(4)31-19(5)27(25)26)28-22-10-7-16(2)17(3)13-22/h7-15,29H,6H2,1-5H3. The summed E-state index contributed by atoms with van der Waals surface area (Å²) < 4.78 is 12.1. The molecule has 0 amide bonds. The Labute approximate surface area is 182 Å². The van der Waals surface area contributed by atoms with E-state index in [0.717, 1.165) is 50.2 Å². The van der Waals surface area contributed by atoms with Gasteiger partial charge in [0.15, 0.2) is 0 Å². The quantitative estimate of drug-likeness (QED) is 0.406. The number of rotatable bonds is 4. The van der Waals surface area contributed by atoms with E-state index in [9.17, 15) is 5.11 Å². The van der Waals surface area contributed by atoms with Crippen molar-refractivity contribution >= 4 is 16.5 Å². The maximum absolute atomic E-state index is 9.73. The maximum atomic E-state index is 9.73. The number of furan rings is 1. The van der Waals surface area contributed by atoms with Gasteiger partial charge in [0.2, 0.25) is 0 Å². The molecule has 0 aliphatic rings. The van der Waals surface area contributed by atoms with Gasteiger partial charge >= 0.3 is 0 Å². The average Bonchev–Trinajstić information content (AvgIpc) is 2.93. The van der Waals surface area contributed by atoms with Crippen molar-refractivity contribution in [3.8, 4) is 22.6 Å². The molecule has 1 heterocycles. The third kappa shape index (κ3) is 4.06. The van der Waals surface area contributed by atoms with E-state index in [1.165, 1.54) is 11.1 Å². The van der Waals surface area contributed by atoms with Crippen LogP contribution in [-0.2, 0) is 0 Å². The van der Waals surface area contributed by atoms with Crippen molar-refractivity contribution in [2.24, 2.45) is 4.99 Å². The summed E-state index contributed by atoms with van der Waals surface area (Å²) in [6, 6.07) is 17.5. The van der Waals surface area contributed by atoms with Gasteiger partial charge in [0.1, 0.15) is 23.0 Å². The van der Waals surface area contributed by atoms with Crippen molar-refractivity contribution in [1.29, 1.82) is 0 Å². The minimum Gasteiger partial charge on any atom is -0.508 e. The zero-order chi connectivity index (χ0) is 22.1. The molecule has 1 aromatic heterocycles. The highest BCUT2D eigenvalue weighted by Gasteiger charge is 2.15. The Morgan fingerprint density at radius 1 is 0.806 bits per heavy atom. The van der Waals surface area contributed by atoms with Gasteiger partial charge in [-0.15, -0.1) is 0 Å². The normalized spacial score (nSPS) is 11.8. The molecule has 0 spiro atoms. The van der Waals surface area contributed by atoms with Crippen LogP contribution in [0.5, 0.6) is 11.5 Å². The molecule has 0 atom stereocenters. The lowest BCUT2D eigenvalue weighted by Crippen LogP contribution is -2.00. The first-order valence-electron chi connectivity index (χ1n) is 10.5. The number of aryl methyl sites for hydroxylation is 4. The van der Waals surface area contributed by atoms with Crippen LogP contribution >= 0.6 is 0 Å². The highest BCUT2D eigenvalue weighted by atomic mass is 16.5. The van der Waals surface area contributed by atoms with Crippen LogP contribution in [0.3, 0.4) is 0 Å². The summed E-state index contributed by atoms with van der Waals surface area (Å²) in [5.41, 5.74) is 5.26. The van der Waals surface area contributed by atoms with Crippen molar-refractivity contribution in [3.63, 3.8) is 0 Å². The molecule has 0 unspecified atom stereocenters. The second kappa shape index (κ2) is 8.31. The number of hydrogen-bond acceptors (Lipinski definition) is 4. The first-order valence-corrected chi connectivity index (χ1v) is 10.5. The maximum Gasteiger partial charge on any atom is 0.131 e. The minimum absolute atomic E-state index is 0.235. The summed E-state index contributed by atoms with van der Waals surface area (Å²) >= 11 is 0. The van der Waals surface area contributed by atoms with E-state index >= 15 is 0 Å². The van der Waals surface area contributed by atoms with Gasteiger partial charge in [0.25, 0.3) is 0 Å². The van der Waals surface area contributed by atoms with Gasteiger partial charge in [-0.05, 0) is 93.3 Å². The van der Waals surface area contributed by atoms with E-state index in [1.54, 1.807) is 12.1 Å². The zero-order valence-electron chi connectivity index (χ0n) is 18.6. The van der Waals surface area contributed by atoms with Crippen LogP contribution in [0.25, 0.3) is 21.9 Å². The van der Waals surface area contributed by atoms with Crippen molar-refractivity contribution in [2.75, 3.05) is 6.61 Å². The SMILES string of the molecule is CCOc1cc(-c2ccc(O)cc2)cc(=Nc2ccc(C)c(C)c2)c2c(C)oc(C)c12. The molecule has 3 aromatic carbocycles. The van der Waals surface area contributed by atoms with Gasteiger partial charge in [-0.1, -0.05) is 18.2 Å². The number of nitrogens with zero attached hydrogens (tertiary/aromatic N) is 1. The molecule has 0 aliphatic heterocycles. The Balaban J connectivity index is 2.12. The smallest absolute Gasteiger partial charge is 0.131 e. The van der Waals surface area contributed by atoms with Crippen molar-refractivity contribution < 1.29 is 14.3 Å². The number of phenols is 1. The van der Waals surface area contributed by atoms with Crippen LogP contribution in [0.2, 0.25) is 0 Å². The number of benzene rings is 2. The Hall–Kier alpha value is -3.53. The Kier molecular flexibility index (Phi) is 5.55. The fourth-order valence-corrected chi connectivity index (χ4v) is 3.88. The minimum atomic E-state index is 0.235. The molecule has 158 valence electrons. The summed E-state index contributed by atoms with van der Waals surface area (Å²) in [5, 5.41) is 12.4. The molecule has 4 nitrogen and oxygen atoms in total.